The molecule has 1 saturated heterocycles. The van der Waals surface area contributed by atoms with E-state index in [9.17, 15) is 17.6 Å². The van der Waals surface area contributed by atoms with Crippen LogP contribution >= 0.6 is 0 Å². The molecule has 1 fully saturated rings. The molecule has 0 aromatic heterocycles. The van der Waals surface area contributed by atoms with Gasteiger partial charge in [-0.05, 0) is 42.7 Å². The summed E-state index contributed by atoms with van der Waals surface area (Å²) < 4.78 is 56.9. The highest BCUT2D eigenvalue weighted by atomic mass is 19.4. The Morgan fingerprint density at radius 3 is 2.17 bits per heavy atom. The lowest BCUT2D eigenvalue weighted by Gasteiger charge is -2.11. The maximum Gasteiger partial charge on any atom is 0.416 e. The lowest BCUT2D eigenvalue weighted by atomic mass is 9.98. The highest BCUT2D eigenvalue weighted by Crippen LogP contribution is 2.45. The Bertz CT molecular complexity index is 769. The standard InChI is InChI=1S/C18H14F4O/c1-10-7-14(9-15(8-10)18(20,21)22)12-3-5-13(6-4-12)17-16(23-17)11(2)19/h3-9,17H,1-2H3/b16-11-. The van der Waals surface area contributed by atoms with Crippen molar-refractivity contribution >= 4 is 0 Å². The average molecular weight is 322 g/mol. The number of alkyl halides is 3. The quantitative estimate of drug-likeness (QED) is 0.491. The van der Waals surface area contributed by atoms with Crippen LogP contribution < -0.4 is 0 Å². The first-order valence-corrected chi connectivity index (χ1v) is 7.08. The number of hydrogen-bond donors (Lipinski definition) is 0. The zero-order valence-electron chi connectivity index (χ0n) is 12.5. The lowest BCUT2D eigenvalue weighted by Crippen LogP contribution is -2.05. The van der Waals surface area contributed by atoms with Gasteiger partial charge in [0.25, 0.3) is 0 Å². The Hall–Kier alpha value is -2.30. The van der Waals surface area contributed by atoms with Gasteiger partial charge in [-0.1, -0.05) is 30.3 Å². The summed E-state index contributed by atoms with van der Waals surface area (Å²) in [6, 6.07) is 10.9. The zero-order valence-corrected chi connectivity index (χ0v) is 12.5. The number of ether oxygens (including phenoxy) is 1. The molecule has 0 saturated carbocycles. The molecule has 1 heterocycles. The fourth-order valence-corrected chi connectivity index (χ4v) is 2.54. The van der Waals surface area contributed by atoms with E-state index in [4.69, 9.17) is 4.74 Å². The van der Waals surface area contributed by atoms with Gasteiger partial charge < -0.3 is 4.74 Å². The van der Waals surface area contributed by atoms with Crippen LogP contribution in [-0.2, 0) is 10.9 Å². The van der Waals surface area contributed by atoms with Gasteiger partial charge in [-0.25, -0.2) is 4.39 Å². The summed E-state index contributed by atoms with van der Waals surface area (Å²) in [5.74, 6) is -0.0414. The van der Waals surface area contributed by atoms with Gasteiger partial charge in [-0.2, -0.15) is 13.2 Å². The second-order valence-corrected chi connectivity index (χ2v) is 5.60. The number of hydrogen-bond acceptors (Lipinski definition) is 1. The molecular formula is C18H14F4O. The van der Waals surface area contributed by atoms with Crippen LogP contribution in [0.15, 0.2) is 54.1 Å². The van der Waals surface area contributed by atoms with Gasteiger partial charge >= 0.3 is 6.18 Å². The fourth-order valence-electron chi connectivity index (χ4n) is 2.54. The van der Waals surface area contributed by atoms with Gasteiger partial charge in [-0.3, -0.25) is 0 Å². The third kappa shape index (κ3) is 3.23. The maximum absolute atomic E-state index is 13.0. The van der Waals surface area contributed by atoms with Crippen LogP contribution in [-0.4, -0.2) is 0 Å². The Kier molecular flexibility index (Phi) is 3.66. The molecule has 0 amide bonds. The van der Waals surface area contributed by atoms with E-state index in [1.165, 1.54) is 6.92 Å². The molecule has 3 rings (SSSR count). The SMILES string of the molecule is C/C(F)=C1/OC1c1ccc(-c2cc(C)cc(C(F)(F)F)c2)cc1. The van der Waals surface area contributed by atoms with E-state index >= 15 is 0 Å². The molecule has 0 radical (unpaired) electrons. The summed E-state index contributed by atoms with van der Waals surface area (Å²) in [5, 5.41) is 0. The van der Waals surface area contributed by atoms with Crippen LogP contribution in [0.2, 0.25) is 0 Å². The molecule has 1 nitrogen and oxygen atoms in total. The Morgan fingerprint density at radius 1 is 1.00 bits per heavy atom. The Balaban J connectivity index is 1.91. The van der Waals surface area contributed by atoms with E-state index < -0.39 is 11.7 Å². The average Bonchev–Trinajstić information content (AvgIpc) is 3.26. The minimum atomic E-state index is -4.37. The summed E-state index contributed by atoms with van der Waals surface area (Å²) in [5.41, 5.74) is 1.83. The van der Waals surface area contributed by atoms with Crippen molar-refractivity contribution in [1.82, 2.24) is 0 Å². The van der Waals surface area contributed by atoms with E-state index in [1.807, 2.05) is 0 Å². The van der Waals surface area contributed by atoms with Crippen LogP contribution in [0.25, 0.3) is 11.1 Å². The Labute approximate surface area is 131 Å². The number of allylic oxidation sites excluding steroid dienone is 1. The topological polar surface area (TPSA) is 12.5 Å². The fraction of sp³-hybridized carbons (Fsp3) is 0.222. The van der Waals surface area contributed by atoms with Crippen LogP contribution in [0.3, 0.4) is 0 Å². The highest BCUT2D eigenvalue weighted by Gasteiger charge is 2.37. The van der Waals surface area contributed by atoms with Crippen molar-refractivity contribution in [2.75, 3.05) is 0 Å². The molecule has 1 aliphatic heterocycles. The molecule has 5 heteroatoms. The summed E-state index contributed by atoms with van der Waals surface area (Å²) in [6.07, 6.45) is -4.75. The summed E-state index contributed by atoms with van der Waals surface area (Å²) in [6.45, 7) is 2.96. The first-order valence-electron chi connectivity index (χ1n) is 7.08. The molecular weight excluding hydrogens is 308 g/mol. The Morgan fingerprint density at radius 2 is 1.65 bits per heavy atom. The highest BCUT2D eigenvalue weighted by molar-refractivity contribution is 5.66. The minimum absolute atomic E-state index is 0.313. The van der Waals surface area contributed by atoms with Gasteiger partial charge in [0, 0.05) is 5.56 Å². The number of rotatable bonds is 2. The molecule has 23 heavy (non-hydrogen) atoms. The predicted molar refractivity (Wildman–Crippen MR) is 79.3 cm³/mol. The van der Waals surface area contributed by atoms with E-state index in [0.29, 0.717) is 22.4 Å². The molecule has 0 spiro atoms. The van der Waals surface area contributed by atoms with Crippen LogP contribution in [0.1, 0.15) is 29.7 Å². The van der Waals surface area contributed by atoms with E-state index in [0.717, 1.165) is 17.7 Å². The van der Waals surface area contributed by atoms with Crippen LogP contribution in [0.4, 0.5) is 17.6 Å². The smallest absolute Gasteiger partial charge is 0.416 e. The number of epoxide rings is 1. The van der Waals surface area contributed by atoms with Crippen LogP contribution in [0.5, 0.6) is 0 Å². The van der Waals surface area contributed by atoms with Crippen molar-refractivity contribution in [2.45, 2.75) is 26.1 Å². The van der Waals surface area contributed by atoms with E-state index in [1.54, 1.807) is 37.3 Å². The van der Waals surface area contributed by atoms with Gasteiger partial charge in [-0.15, -0.1) is 0 Å². The maximum atomic E-state index is 13.0. The monoisotopic (exact) mass is 322 g/mol. The lowest BCUT2D eigenvalue weighted by molar-refractivity contribution is -0.137. The predicted octanol–water partition coefficient (Wildman–Crippen LogP) is 5.95. The van der Waals surface area contributed by atoms with Crippen LogP contribution in [0, 0.1) is 6.92 Å². The minimum Gasteiger partial charge on any atom is -0.475 e. The van der Waals surface area contributed by atoms with Gasteiger partial charge in [0.2, 0.25) is 0 Å². The third-order valence-electron chi connectivity index (χ3n) is 3.72. The molecule has 1 atom stereocenters. The third-order valence-corrected chi connectivity index (χ3v) is 3.72. The first-order chi connectivity index (χ1) is 10.8. The molecule has 0 bridgehead atoms. The van der Waals surface area contributed by atoms with Crippen molar-refractivity contribution in [3.63, 3.8) is 0 Å². The van der Waals surface area contributed by atoms with Crippen molar-refractivity contribution in [1.29, 1.82) is 0 Å². The number of benzene rings is 2. The summed E-state index contributed by atoms with van der Waals surface area (Å²) in [4.78, 5) is 0. The van der Waals surface area contributed by atoms with E-state index in [-0.39, 0.29) is 11.9 Å². The molecule has 1 unspecified atom stereocenters. The summed E-state index contributed by atoms with van der Waals surface area (Å²) >= 11 is 0. The molecule has 2 aromatic carbocycles. The van der Waals surface area contributed by atoms with Gasteiger partial charge in [0.15, 0.2) is 11.9 Å². The molecule has 0 N–H and O–H groups in total. The van der Waals surface area contributed by atoms with Crippen molar-refractivity contribution in [2.24, 2.45) is 0 Å². The zero-order chi connectivity index (χ0) is 16.8. The summed E-state index contributed by atoms with van der Waals surface area (Å²) in [7, 11) is 0. The van der Waals surface area contributed by atoms with E-state index in [2.05, 4.69) is 0 Å². The number of halogens is 4. The first kappa shape index (κ1) is 15.6. The second kappa shape index (κ2) is 5.41. The van der Waals surface area contributed by atoms with Crippen molar-refractivity contribution in [3.8, 4) is 11.1 Å². The number of aryl methyl sites for hydroxylation is 1. The normalized spacial score (nSPS) is 19.3. The van der Waals surface area contributed by atoms with Crippen molar-refractivity contribution in [3.05, 3.63) is 70.7 Å². The molecule has 0 aliphatic carbocycles. The van der Waals surface area contributed by atoms with Gasteiger partial charge in [0.1, 0.15) is 5.83 Å². The van der Waals surface area contributed by atoms with Gasteiger partial charge in [0.05, 0.1) is 5.56 Å². The molecule has 120 valence electrons. The molecule has 2 aromatic rings. The second-order valence-electron chi connectivity index (χ2n) is 5.60. The largest absolute Gasteiger partial charge is 0.475 e. The van der Waals surface area contributed by atoms with Crippen molar-refractivity contribution < 1.29 is 22.3 Å². The molecule has 1 aliphatic rings.